The number of sulfonamides is 1. The van der Waals surface area contributed by atoms with E-state index < -0.39 is 10.0 Å². The van der Waals surface area contributed by atoms with Gasteiger partial charge in [0.05, 0.1) is 18.0 Å². The van der Waals surface area contributed by atoms with E-state index in [1.165, 1.54) is 0 Å². The number of hydrogen-bond donors (Lipinski definition) is 1. The molecule has 0 fully saturated rings. The molecule has 0 spiro atoms. The summed E-state index contributed by atoms with van der Waals surface area (Å²) >= 11 is 0. The van der Waals surface area contributed by atoms with E-state index in [0.29, 0.717) is 5.69 Å². The van der Waals surface area contributed by atoms with Crippen LogP contribution in [-0.4, -0.2) is 27.1 Å². The summed E-state index contributed by atoms with van der Waals surface area (Å²) < 4.78 is 25.8. The van der Waals surface area contributed by atoms with Crippen LogP contribution < -0.4 is 9.62 Å². The van der Waals surface area contributed by atoms with E-state index in [-0.39, 0.29) is 23.9 Å². The summed E-state index contributed by atoms with van der Waals surface area (Å²) in [5, 5.41) is 2.93. The summed E-state index contributed by atoms with van der Waals surface area (Å²) in [5.41, 5.74) is 4.77. The highest BCUT2D eigenvalue weighted by molar-refractivity contribution is 7.92. The highest BCUT2D eigenvalue weighted by Gasteiger charge is 2.23. The fourth-order valence-corrected chi connectivity index (χ4v) is 4.11. The van der Waals surface area contributed by atoms with E-state index in [1.807, 2.05) is 51.1 Å². The first kappa shape index (κ1) is 22.9. The number of carbonyl (C=O) groups is 1. The Morgan fingerprint density at radius 1 is 1.07 bits per heavy atom. The molecule has 2 aromatic rings. The summed E-state index contributed by atoms with van der Waals surface area (Å²) in [6.07, 6.45) is 1.12. The number of carbonyl (C=O) groups excluding carboxylic acids is 1. The summed E-state index contributed by atoms with van der Waals surface area (Å²) in [4.78, 5) is 12.7. The minimum absolute atomic E-state index is 0.0348. The van der Waals surface area contributed by atoms with Crippen molar-refractivity contribution in [1.82, 2.24) is 5.32 Å². The Balaban J connectivity index is 2.20. The lowest BCUT2D eigenvalue weighted by atomic mass is 9.87. The Kier molecular flexibility index (Phi) is 6.78. The van der Waals surface area contributed by atoms with Crippen molar-refractivity contribution in [2.24, 2.45) is 0 Å². The lowest BCUT2D eigenvalue weighted by Crippen LogP contribution is -2.41. The molecule has 2 aromatic carbocycles. The third-order valence-electron chi connectivity index (χ3n) is 4.99. The van der Waals surface area contributed by atoms with Crippen molar-refractivity contribution >= 4 is 21.6 Å². The minimum atomic E-state index is -3.60. The molecule has 0 bridgehead atoms. The van der Waals surface area contributed by atoms with Gasteiger partial charge in [0.2, 0.25) is 15.9 Å². The van der Waals surface area contributed by atoms with Crippen LogP contribution in [0, 0.1) is 13.8 Å². The van der Waals surface area contributed by atoms with Gasteiger partial charge >= 0.3 is 0 Å². The number of nitrogens with zero attached hydrogens (tertiary/aromatic N) is 1. The van der Waals surface area contributed by atoms with Crippen molar-refractivity contribution in [3.8, 4) is 0 Å². The third-order valence-corrected chi connectivity index (χ3v) is 6.13. The van der Waals surface area contributed by atoms with Gasteiger partial charge in [0.15, 0.2) is 0 Å². The van der Waals surface area contributed by atoms with Crippen molar-refractivity contribution < 1.29 is 13.2 Å². The van der Waals surface area contributed by atoms with Crippen LogP contribution in [0.2, 0.25) is 0 Å². The highest BCUT2D eigenvalue weighted by Crippen LogP contribution is 2.26. The molecule has 0 saturated carbocycles. The third kappa shape index (κ3) is 6.07. The topological polar surface area (TPSA) is 66.5 Å². The molecule has 1 amide bonds. The predicted octanol–water partition coefficient (Wildman–Crippen LogP) is 4.24. The van der Waals surface area contributed by atoms with Crippen molar-refractivity contribution in [3.63, 3.8) is 0 Å². The molecular formula is C23H32N2O3S. The first-order valence-corrected chi connectivity index (χ1v) is 11.6. The van der Waals surface area contributed by atoms with E-state index in [2.05, 4.69) is 26.1 Å². The first-order chi connectivity index (χ1) is 13.3. The number of anilines is 1. The number of rotatable bonds is 6. The Hall–Kier alpha value is -2.34. The van der Waals surface area contributed by atoms with Gasteiger partial charge in [-0.05, 0) is 55.0 Å². The number of nitrogens with one attached hydrogen (secondary N) is 1. The van der Waals surface area contributed by atoms with Crippen LogP contribution in [0.4, 0.5) is 5.69 Å². The molecule has 5 nitrogen and oxygen atoms in total. The second-order valence-corrected chi connectivity index (χ2v) is 10.6. The standard InChI is InChI=1S/C23H32N2O3S/c1-16-8-9-17(2)21(14-16)18(3)24-22(26)15-25(29(7,27)28)20-12-10-19(11-13-20)23(4,5)6/h8-14,18H,15H2,1-7H3,(H,24,26)/t18-/m0/s1. The zero-order valence-electron chi connectivity index (χ0n) is 18.4. The second kappa shape index (κ2) is 8.57. The average molecular weight is 417 g/mol. The number of amides is 1. The Bertz CT molecular complexity index is 974. The molecule has 0 radical (unpaired) electrons. The van der Waals surface area contributed by atoms with Gasteiger partial charge in [-0.3, -0.25) is 9.10 Å². The maximum atomic E-state index is 12.7. The minimum Gasteiger partial charge on any atom is -0.348 e. The van der Waals surface area contributed by atoms with E-state index in [0.717, 1.165) is 32.8 Å². The van der Waals surface area contributed by atoms with Crippen LogP contribution in [0.5, 0.6) is 0 Å². The Morgan fingerprint density at radius 2 is 1.66 bits per heavy atom. The molecule has 0 aliphatic rings. The molecule has 1 N–H and O–H groups in total. The van der Waals surface area contributed by atoms with E-state index >= 15 is 0 Å². The van der Waals surface area contributed by atoms with Crippen LogP contribution in [0.3, 0.4) is 0 Å². The van der Waals surface area contributed by atoms with Gasteiger partial charge in [-0.25, -0.2) is 8.42 Å². The van der Waals surface area contributed by atoms with Gasteiger partial charge in [0.25, 0.3) is 0 Å². The zero-order valence-corrected chi connectivity index (χ0v) is 19.2. The molecule has 0 aromatic heterocycles. The van der Waals surface area contributed by atoms with E-state index in [1.54, 1.807) is 12.1 Å². The van der Waals surface area contributed by atoms with Gasteiger partial charge < -0.3 is 5.32 Å². The number of benzene rings is 2. The summed E-state index contributed by atoms with van der Waals surface area (Å²) in [6.45, 7) is 11.9. The first-order valence-electron chi connectivity index (χ1n) is 9.74. The van der Waals surface area contributed by atoms with Crippen LogP contribution in [-0.2, 0) is 20.2 Å². The molecule has 158 valence electrons. The summed E-state index contributed by atoms with van der Waals surface area (Å²) in [6, 6.07) is 13.2. The van der Waals surface area contributed by atoms with Crippen molar-refractivity contribution in [2.75, 3.05) is 17.1 Å². The maximum absolute atomic E-state index is 12.7. The Morgan fingerprint density at radius 3 is 2.17 bits per heavy atom. The van der Waals surface area contributed by atoms with Crippen LogP contribution >= 0.6 is 0 Å². The molecule has 0 heterocycles. The monoisotopic (exact) mass is 416 g/mol. The van der Waals surface area contributed by atoms with Gasteiger partial charge in [0, 0.05) is 0 Å². The van der Waals surface area contributed by atoms with Crippen molar-refractivity contribution in [3.05, 3.63) is 64.7 Å². The molecule has 1 atom stereocenters. The lowest BCUT2D eigenvalue weighted by Gasteiger charge is -2.25. The van der Waals surface area contributed by atoms with Crippen molar-refractivity contribution in [2.45, 2.75) is 53.0 Å². The molecule has 0 aliphatic carbocycles. The SMILES string of the molecule is Cc1ccc(C)c([C@H](C)NC(=O)CN(c2ccc(C(C)(C)C)cc2)S(C)(=O)=O)c1. The van der Waals surface area contributed by atoms with Gasteiger partial charge in [-0.15, -0.1) is 0 Å². The average Bonchev–Trinajstić information content (AvgIpc) is 2.60. The summed E-state index contributed by atoms with van der Waals surface area (Å²) in [7, 11) is -3.60. The van der Waals surface area contributed by atoms with Crippen LogP contribution in [0.1, 0.15) is 56.0 Å². The number of hydrogen-bond acceptors (Lipinski definition) is 3. The molecule has 6 heteroatoms. The molecule has 29 heavy (non-hydrogen) atoms. The maximum Gasteiger partial charge on any atom is 0.241 e. The van der Waals surface area contributed by atoms with E-state index in [4.69, 9.17) is 0 Å². The summed E-state index contributed by atoms with van der Waals surface area (Å²) in [5.74, 6) is -0.344. The normalized spacial score (nSPS) is 13.1. The van der Waals surface area contributed by atoms with Gasteiger partial charge in [-0.1, -0.05) is 56.7 Å². The van der Waals surface area contributed by atoms with Crippen LogP contribution in [0.15, 0.2) is 42.5 Å². The predicted molar refractivity (Wildman–Crippen MR) is 120 cm³/mol. The molecular weight excluding hydrogens is 384 g/mol. The molecule has 0 aliphatic heterocycles. The van der Waals surface area contributed by atoms with E-state index in [9.17, 15) is 13.2 Å². The Labute approximate surface area is 175 Å². The van der Waals surface area contributed by atoms with Crippen molar-refractivity contribution in [1.29, 1.82) is 0 Å². The fraction of sp³-hybridized carbons (Fsp3) is 0.435. The molecule has 0 unspecified atom stereocenters. The fourth-order valence-electron chi connectivity index (χ4n) is 3.25. The highest BCUT2D eigenvalue weighted by atomic mass is 32.2. The molecule has 2 rings (SSSR count). The lowest BCUT2D eigenvalue weighted by molar-refractivity contribution is -0.120. The quantitative estimate of drug-likeness (QED) is 0.766. The largest absolute Gasteiger partial charge is 0.348 e. The molecule has 0 saturated heterocycles. The zero-order chi connectivity index (χ0) is 22.0. The van der Waals surface area contributed by atoms with Crippen LogP contribution in [0.25, 0.3) is 0 Å². The smallest absolute Gasteiger partial charge is 0.241 e. The number of aryl methyl sites for hydroxylation is 2. The van der Waals surface area contributed by atoms with Gasteiger partial charge in [0.1, 0.15) is 6.54 Å². The second-order valence-electron chi connectivity index (χ2n) is 8.72. The van der Waals surface area contributed by atoms with Gasteiger partial charge in [-0.2, -0.15) is 0 Å².